The zero-order chi connectivity index (χ0) is 17.1. The molecular weight excluding hydrogens is 323 g/mol. The smallest absolute Gasteiger partial charge is 0.252 e. The molecule has 3 rings (SSSR count). The fraction of sp³-hybridized carbons (Fsp3) is 0.211. The van der Waals surface area contributed by atoms with Gasteiger partial charge < -0.3 is 10.2 Å². The van der Waals surface area contributed by atoms with Crippen LogP contribution in [0.15, 0.2) is 53.9 Å². The maximum absolute atomic E-state index is 13.5. The molecule has 0 bridgehead atoms. The summed E-state index contributed by atoms with van der Waals surface area (Å²) in [5.74, 6) is -0.370. The van der Waals surface area contributed by atoms with Gasteiger partial charge in [-0.2, -0.15) is 0 Å². The van der Waals surface area contributed by atoms with Crippen LogP contribution in [0.4, 0.5) is 4.39 Å². The third kappa shape index (κ3) is 3.47. The second-order valence-electron chi connectivity index (χ2n) is 5.89. The number of amides is 1. The van der Waals surface area contributed by atoms with Crippen LogP contribution in [-0.4, -0.2) is 31.4 Å². The number of fused-ring (bicyclic) bond motifs is 1. The van der Waals surface area contributed by atoms with Crippen LogP contribution in [0.2, 0.25) is 0 Å². The summed E-state index contributed by atoms with van der Waals surface area (Å²) < 4.78 is 14.6. The van der Waals surface area contributed by atoms with Crippen LogP contribution >= 0.6 is 11.3 Å². The lowest BCUT2D eigenvalue weighted by Gasteiger charge is -2.25. The molecule has 3 aromatic rings. The zero-order valence-corrected chi connectivity index (χ0v) is 14.4. The molecule has 1 unspecified atom stereocenters. The molecule has 0 saturated heterocycles. The van der Waals surface area contributed by atoms with E-state index in [1.807, 2.05) is 54.7 Å². The first kappa shape index (κ1) is 16.6. The Labute approximate surface area is 144 Å². The van der Waals surface area contributed by atoms with E-state index in [1.165, 1.54) is 12.1 Å². The fourth-order valence-electron chi connectivity index (χ4n) is 2.75. The van der Waals surface area contributed by atoms with E-state index in [0.29, 0.717) is 12.1 Å². The van der Waals surface area contributed by atoms with Crippen molar-refractivity contribution in [3.05, 3.63) is 70.9 Å². The van der Waals surface area contributed by atoms with Gasteiger partial charge in [0.25, 0.3) is 5.91 Å². The molecule has 0 aliphatic rings. The van der Waals surface area contributed by atoms with Crippen molar-refractivity contribution in [2.75, 3.05) is 20.6 Å². The van der Waals surface area contributed by atoms with Crippen molar-refractivity contribution in [1.82, 2.24) is 10.2 Å². The Balaban J connectivity index is 1.76. The Bertz CT molecular complexity index is 859. The topological polar surface area (TPSA) is 32.3 Å². The van der Waals surface area contributed by atoms with Crippen molar-refractivity contribution in [3.63, 3.8) is 0 Å². The maximum atomic E-state index is 13.5. The quantitative estimate of drug-likeness (QED) is 0.758. The summed E-state index contributed by atoms with van der Waals surface area (Å²) in [7, 11) is 3.84. The first-order chi connectivity index (χ1) is 11.6. The summed E-state index contributed by atoms with van der Waals surface area (Å²) in [6.07, 6.45) is 0. The molecule has 2 aromatic carbocycles. The highest BCUT2D eigenvalue weighted by Gasteiger charge is 2.18. The number of carbonyl (C=O) groups excluding carboxylic acids is 1. The van der Waals surface area contributed by atoms with Crippen LogP contribution in [0.1, 0.15) is 22.0 Å². The molecule has 24 heavy (non-hydrogen) atoms. The molecule has 1 heterocycles. The third-order valence-corrected chi connectivity index (χ3v) is 5.00. The van der Waals surface area contributed by atoms with Crippen LogP contribution < -0.4 is 5.32 Å². The van der Waals surface area contributed by atoms with E-state index in [1.54, 1.807) is 17.4 Å². The number of hydrogen-bond acceptors (Lipinski definition) is 3. The van der Waals surface area contributed by atoms with Crippen LogP contribution in [0, 0.1) is 5.82 Å². The average Bonchev–Trinajstić information content (AvgIpc) is 2.99. The van der Waals surface area contributed by atoms with E-state index in [-0.39, 0.29) is 17.8 Å². The van der Waals surface area contributed by atoms with Crippen LogP contribution in [0.3, 0.4) is 0 Å². The van der Waals surface area contributed by atoms with E-state index < -0.39 is 0 Å². The SMILES string of the molecule is CN(C)C(CNC(=O)c1csc2ccccc12)c1cccc(F)c1. The largest absolute Gasteiger partial charge is 0.350 e. The Hall–Kier alpha value is -2.24. The second-order valence-corrected chi connectivity index (χ2v) is 6.80. The lowest BCUT2D eigenvalue weighted by molar-refractivity contribution is 0.0944. The first-order valence-corrected chi connectivity index (χ1v) is 8.60. The van der Waals surface area contributed by atoms with Gasteiger partial charge in [-0.3, -0.25) is 4.79 Å². The minimum absolute atomic E-state index is 0.0884. The number of hydrogen-bond donors (Lipinski definition) is 1. The van der Waals surface area contributed by atoms with Crippen molar-refractivity contribution in [1.29, 1.82) is 0 Å². The molecule has 1 atom stereocenters. The predicted octanol–water partition coefficient (Wildman–Crippen LogP) is 4.07. The number of nitrogens with one attached hydrogen (secondary N) is 1. The van der Waals surface area contributed by atoms with Crippen molar-refractivity contribution in [2.45, 2.75) is 6.04 Å². The van der Waals surface area contributed by atoms with Crippen LogP contribution in [-0.2, 0) is 0 Å². The highest BCUT2D eigenvalue weighted by Crippen LogP contribution is 2.26. The first-order valence-electron chi connectivity index (χ1n) is 7.72. The maximum Gasteiger partial charge on any atom is 0.252 e. The van der Waals surface area contributed by atoms with Crippen molar-refractivity contribution >= 4 is 27.3 Å². The number of thiophene rings is 1. The van der Waals surface area contributed by atoms with Gasteiger partial charge >= 0.3 is 0 Å². The molecule has 0 saturated carbocycles. The van der Waals surface area contributed by atoms with Gasteiger partial charge in [0.05, 0.1) is 11.6 Å². The summed E-state index contributed by atoms with van der Waals surface area (Å²) in [4.78, 5) is 14.5. The minimum atomic E-state index is -0.269. The van der Waals surface area contributed by atoms with Gasteiger partial charge in [0, 0.05) is 22.0 Å². The molecule has 0 aliphatic carbocycles. The van der Waals surface area contributed by atoms with Gasteiger partial charge in [0.1, 0.15) is 5.82 Å². The minimum Gasteiger partial charge on any atom is -0.350 e. The molecule has 0 radical (unpaired) electrons. The van der Waals surface area contributed by atoms with Crippen molar-refractivity contribution in [3.8, 4) is 0 Å². The van der Waals surface area contributed by atoms with E-state index in [0.717, 1.165) is 15.6 Å². The highest BCUT2D eigenvalue weighted by molar-refractivity contribution is 7.17. The summed E-state index contributed by atoms with van der Waals surface area (Å²) in [6, 6.07) is 14.3. The Morgan fingerprint density at radius 2 is 2.00 bits per heavy atom. The summed E-state index contributed by atoms with van der Waals surface area (Å²) in [6.45, 7) is 0.416. The zero-order valence-electron chi connectivity index (χ0n) is 13.6. The Kier molecular flexibility index (Phi) is 4.92. The normalized spacial score (nSPS) is 12.5. The Morgan fingerprint density at radius 1 is 1.21 bits per heavy atom. The monoisotopic (exact) mass is 342 g/mol. The summed E-state index contributed by atoms with van der Waals surface area (Å²) in [5, 5.41) is 5.83. The molecule has 3 nitrogen and oxygen atoms in total. The molecule has 0 spiro atoms. The van der Waals surface area contributed by atoms with E-state index in [4.69, 9.17) is 0 Å². The summed E-state index contributed by atoms with van der Waals surface area (Å²) >= 11 is 1.56. The number of halogens is 1. The van der Waals surface area contributed by atoms with Crippen LogP contribution in [0.25, 0.3) is 10.1 Å². The molecular formula is C19H19FN2OS. The second kappa shape index (κ2) is 7.11. The highest BCUT2D eigenvalue weighted by atomic mass is 32.1. The summed E-state index contributed by atoms with van der Waals surface area (Å²) in [5.41, 5.74) is 1.53. The third-order valence-electron chi connectivity index (χ3n) is 4.04. The van der Waals surface area contributed by atoms with Gasteiger partial charge in [-0.15, -0.1) is 11.3 Å². The fourth-order valence-corrected chi connectivity index (χ4v) is 3.69. The van der Waals surface area contributed by atoms with Gasteiger partial charge in [0.2, 0.25) is 0 Å². The van der Waals surface area contributed by atoms with Crippen molar-refractivity contribution < 1.29 is 9.18 Å². The molecule has 0 aliphatic heterocycles. The number of likely N-dealkylation sites (N-methyl/N-ethyl adjacent to an activating group) is 1. The van der Waals surface area contributed by atoms with Crippen molar-refractivity contribution in [2.24, 2.45) is 0 Å². The van der Waals surface area contributed by atoms with E-state index in [2.05, 4.69) is 5.32 Å². The van der Waals surface area contributed by atoms with Gasteiger partial charge in [-0.25, -0.2) is 4.39 Å². The Morgan fingerprint density at radius 3 is 2.75 bits per heavy atom. The van der Waals surface area contributed by atoms with Gasteiger partial charge in [0.15, 0.2) is 0 Å². The van der Waals surface area contributed by atoms with E-state index in [9.17, 15) is 9.18 Å². The van der Waals surface area contributed by atoms with Gasteiger partial charge in [-0.05, 0) is 37.9 Å². The molecule has 1 N–H and O–H groups in total. The molecule has 124 valence electrons. The number of nitrogens with zero attached hydrogens (tertiary/aromatic N) is 1. The predicted molar refractivity (Wildman–Crippen MR) is 97.0 cm³/mol. The molecule has 1 amide bonds. The lowest BCUT2D eigenvalue weighted by Crippen LogP contribution is -2.34. The van der Waals surface area contributed by atoms with Gasteiger partial charge in [-0.1, -0.05) is 30.3 Å². The van der Waals surface area contributed by atoms with E-state index >= 15 is 0 Å². The number of rotatable bonds is 5. The number of carbonyl (C=O) groups is 1. The molecule has 0 fully saturated rings. The lowest BCUT2D eigenvalue weighted by atomic mass is 10.1. The molecule has 5 heteroatoms. The average molecular weight is 342 g/mol. The molecule has 1 aromatic heterocycles. The standard InChI is InChI=1S/C19H19FN2OS/c1-22(2)17(13-6-5-7-14(20)10-13)11-21-19(23)16-12-24-18-9-4-3-8-15(16)18/h3-10,12,17H,11H2,1-2H3,(H,21,23). The number of benzene rings is 2. The van der Waals surface area contributed by atoms with Crippen LogP contribution in [0.5, 0.6) is 0 Å².